The third kappa shape index (κ3) is 4.99. The van der Waals surface area contributed by atoms with Crippen LogP contribution in [0.2, 0.25) is 0 Å². The quantitative estimate of drug-likeness (QED) is 0.853. The summed E-state index contributed by atoms with van der Waals surface area (Å²) in [6.45, 7) is 7.51. The Kier molecular flexibility index (Phi) is 5.06. The number of aryl methyl sites for hydroxylation is 1. The first-order valence-corrected chi connectivity index (χ1v) is 6.41. The minimum absolute atomic E-state index is 0.185. The number of rotatable bonds is 4. The van der Waals surface area contributed by atoms with E-state index in [0.717, 1.165) is 11.1 Å². The van der Waals surface area contributed by atoms with Gasteiger partial charge in [-0.15, -0.1) is 0 Å². The Labute approximate surface area is 113 Å². The molecule has 0 aliphatic carbocycles. The molecule has 0 radical (unpaired) electrons. The number of hydrogen-bond acceptors (Lipinski definition) is 3. The van der Waals surface area contributed by atoms with Crippen molar-refractivity contribution in [3.05, 3.63) is 35.1 Å². The highest BCUT2D eigenvalue weighted by atomic mass is 19.1. The first-order chi connectivity index (χ1) is 8.73. The molecule has 1 rings (SSSR count). The second kappa shape index (κ2) is 6.15. The first kappa shape index (κ1) is 15.6. The van der Waals surface area contributed by atoms with Gasteiger partial charge in [-0.25, -0.2) is 4.39 Å². The van der Waals surface area contributed by atoms with Crippen LogP contribution in [0.25, 0.3) is 0 Å². The van der Waals surface area contributed by atoms with Gasteiger partial charge in [0, 0.05) is 6.54 Å². The summed E-state index contributed by atoms with van der Waals surface area (Å²) in [5.41, 5.74) is 6.83. The van der Waals surface area contributed by atoms with Crippen LogP contribution in [-0.4, -0.2) is 18.1 Å². The van der Waals surface area contributed by atoms with Crippen molar-refractivity contribution in [1.29, 1.82) is 0 Å². The zero-order valence-corrected chi connectivity index (χ0v) is 12.0. The number of nitrogens with two attached hydrogens (primary N) is 1. The highest BCUT2D eigenvalue weighted by Gasteiger charge is 2.24. The number of hydrogen-bond donors (Lipinski definition) is 1. The molecule has 1 atom stereocenters. The summed E-state index contributed by atoms with van der Waals surface area (Å²) in [4.78, 5) is 12.0. The van der Waals surface area contributed by atoms with E-state index in [1.54, 1.807) is 6.07 Å². The largest absolute Gasteiger partial charge is 0.460 e. The smallest absolute Gasteiger partial charge is 0.311 e. The molecule has 4 heteroatoms. The molecule has 0 fully saturated rings. The monoisotopic (exact) mass is 267 g/mol. The molecule has 106 valence electrons. The molecule has 0 spiro atoms. The highest BCUT2D eigenvalue weighted by molar-refractivity contribution is 5.73. The predicted molar refractivity (Wildman–Crippen MR) is 73.2 cm³/mol. The minimum Gasteiger partial charge on any atom is -0.460 e. The molecule has 1 unspecified atom stereocenters. The molecule has 1 aromatic rings. The van der Waals surface area contributed by atoms with Crippen LogP contribution in [0.5, 0.6) is 0 Å². The molecule has 19 heavy (non-hydrogen) atoms. The molecule has 1 aromatic carbocycles. The van der Waals surface area contributed by atoms with Gasteiger partial charge in [0.1, 0.15) is 11.4 Å². The van der Waals surface area contributed by atoms with Crippen LogP contribution in [0.15, 0.2) is 18.2 Å². The molecular weight excluding hydrogens is 245 g/mol. The number of ether oxygens (including phenoxy) is 1. The van der Waals surface area contributed by atoms with Gasteiger partial charge in [0.05, 0.1) is 5.92 Å². The molecule has 2 N–H and O–H groups in total. The van der Waals surface area contributed by atoms with Crippen LogP contribution >= 0.6 is 0 Å². The van der Waals surface area contributed by atoms with Crippen molar-refractivity contribution in [2.24, 2.45) is 11.7 Å². The summed E-state index contributed by atoms with van der Waals surface area (Å²) in [5.74, 6) is -1.08. The zero-order chi connectivity index (χ0) is 14.6. The highest BCUT2D eigenvalue weighted by Crippen LogP contribution is 2.18. The topological polar surface area (TPSA) is 52.3 Å². The van der Waals surface area contributed by atoms with Crippen LogP contribution in [-0.2, 0) is 16.0 Å². The lowest BCUT2D eigenvalue weighted by molar-refractivity contribution is -0.159. The van der Waals surface area contributed by atoms with Crippen molar-refractivity contribution >= 4 is 5.97 Å². The second-order valence-electron chi connectivity index (χ2n) is 5.74. The fourth-order valence-corrected chi connectivity index (χ4v) is 1.77. The Morgan fingerprint density at radius 2 is 2.05 bits per heavy atom. The Hall–Kier alpha value is -1.42. The van der Waals surface area contributed by atoms with E-state index < -0.39 is 11.5 Å². The Bertz CT molecular complexity index is 452. The van der Waals surface area contributed by atoms with Gasteiger partial charge in [-0.05, 0) is 57.4 Å². The van der Waals surface area contributed by atoms with Gasteiger partial charge in [0.2, 0.25) is 0 Å². The summed E-state index contributed by atoms with van der Waals surface area (Å²) < 4.78 is 18.5. The third-order valence-electron chi connectivity index (χ3n) is 2.80. The number of benzene rings is 1. The van der Waals surface area contributed by atoms with Crippen molar-refractivity contribution in [3.63, 3.8) is 0 Å². The van der Waals surface area contributed by atoms with Crippen molar-refractivity contribution < 1.29 is 13.9 Å². The lowest BCUT2D eigenvalue weighted by Gasteiger charge is -2.23. The zero-order valence-electron chi connectivity index (χ0n) is 12.0. The summed E-state index contributed by atoms with van der Waals surface area (Å²) >= 11 is 0. The summed E-state index contributed by atoms with van der Waals surface area (Å²) in [5, 5.41) is 0. The molecule has 0 heterocycles. The lowest BCUT2D eigenvalue weighted by Crippen LogP contribution is -2.33. The van der Waals surface area contributed by atoms with Crippen molar-refractivity contribution in [1.82, 2.24) is 0 Å². The van der Waals surface area contributed by atoms with E-state index >= 15 is 0 Å². The molecule has 0 bridgehead atoms. The van der Waals surface area contributed by atoms with E-state index in [1.165, 1.54) is 12.1 Å². The molecule has 0 saturated heterocycles. The average molecular weight is 267 g/mol. The van der Waals surface area contributed by atoms with Gasteiger partial charge in [0.15, 0.2) is 0 Å². The summed E-state index contributed by atoms with van der Waals surface area (Å²) in [7, 11) is 0. The first-order valence-electron chi connectivity index (χ1n) is 6.41. The minimum atomic E-state index is -0.540. The number of carbonyl (C=O) groups is 1. The Balaban J connectivity index is 2.82. The van der Waals surface area contributed by atoms with E-state index in [9.17, 15) is 9.18 Å². The standard InChI is InChI=1S/C15H22FNO2/c1-10-5-6-13(16)8-11(10)7-12(9-17)14(18)19-15(2,3)4/h5-6,8,12H,7,9,17H2,1-4H3. The fourth-order valence-electron chi connectivity index (χ4n) is 1.77. The van der Waals surface area contributed by atoms with E-state index in [-0.39, 0.29) is 18.3 Å². The molecule has 3 nitrogen and oxygen atoms in total. The van der Waals surface area contributed by atoms with Gasteiger partial charge in [-0.1, -0.05) is 6.07 Å². The van der Waals surface area contributed by atoms with Gasteiger partial charge in [-0.2, -0.15) is 0 Å². The maximum absolute atomic E-state index is 13.2. The van der Waals surface area contributed by atoms with E-state index in [0.29, 0.717) is 6.42 Å². The van der Waals surface area contributed by atoms with Crippen LogP contribution in [0.1, 0.15) is 31.9 Å². The molecule has 0 aliphatic rings. The predicted octanol–water partition coefficient (Wildman–Crippen LogP) is 2.59. The van der Waals surface area contributed by atoms with E-state index in [2.05, 4.69) is 0 Å². The fraction of sp³-hybridized carbons (Fsp3) is 0.533. The van der Waals surface area contributed by atoms with Gasteiger partial charge >= 0.3 is 5.97 Å². The molecule has 0 aliphatic heterocycles. The van der Waals surface area contributed by atoms with Gasteiger partial charge in [-0.3, -0.25) is 4.79 Å². The maximum atomic E-state index is 13.2. The third-order valence-corrected chi connectivity index (χ3v) is 2.80. The molecule has 0 amide bonds. The van der Waals surface area contributed by atoms with Crippen molar-refractivity contribution in [3.8, 4) is 0 Å². The SMILES string of the molecule is Cc1ccc(F)cc1CC(CN)C(=O)OC(C)(C)C. The van der Waals surface area contributed by atoms with Crippen LogP contribution in [0.3, 0.4) is 0 Å². The van der Waals surface area contributed by atoms with Gasteiger partial charge in [0.25, 0.3) is 0 Å². The normalized spacial score (nSPS) is 13.2. The Morgan fingerprint density at radius 1 is 1.42 bits per heavy atom. The molecular formula is C15H22FNO2. The lowest BCUT2D eigenvalue weighted by atomic mass is 9.96. The molecule has 0 saturated carbocycles. The van der Waals surface area contributed by atoms with Crippen LogP contribution < -0.4 is 5.73 Å². The summed E-state index contributed by atoms with van der Waals surface area (Å²) in [6, 6.07) is 4.56. The number of carbonyl (C=O) groups excluding carboxylic acids is 1. The summed E-state index contributed by atoms with van der Waals surface area (Å²) in [6.07, 6.45) is 0.398. The van der Waals surface area contributed by atoms with Crippen molar-refractivity contribution in [2.75, 3.05) is 6.54 Å². The van der Waals surface area contributed by atoms with E-state index in [1.807, 2.05) is 27.7 Å². The van der Waals surface area contributed by atoms with Crippen molar-refractivity contribution in [2.45, 2.75) is 39.7 Å². The van der Waals surface area contributed by atoms with Crippen LogP contribution in [0, 0.1) is 18.7 Å². The maximum Gasteiger partial charge on any atom is 0.311 e. The van der Waals surface area contributed by atoms with Gasteiger partial charge < -0.3 is 10.5 Å². The van der Waals surface area contributed by atoms with E-state index in [4.69, 9.17) is 10.5 Å². The Morgan fingerprint density at radius 3 is 2.58 bits per heavy atom. The number of halogens is 1. The average Bonchev–Trinajstić information content (AvgIpc) is 2.27. The second-order valence-corrected chi connectivity index (χ2v) is 5.74. The number of esters is 1. The molecule has 0 aromatic heterocycles. The van der Waals surface area contributed by atoms with Crippen LogP contribution in [0.4, 0.5) is 4.39 Å².